The van der Waals surface area contributed by atoms with Gasteiger partial charge in [0, 0.05) is 23.2 Å². The molecule has 0 spiro atoms. The second kappa shape index (κ2) is 9.37. The Morgan fingerprint density at radius 1 is 0.943 bits per heavy atom. The zero-order chi connectivity index (χ0) is 25.3. The summed E-state index contributed by atoms with van der Waals surface area (Å²) in [4.78, 5) is 32.4. The summed E-state index contributed by atoms with van der Waals surface area (Å²) in [6, 6.07) is 11.2. The lowest BCUT2D eigenvalue weighted by atomic mass is 10.1. The Morgan fingerprint density at radius 3 is 2.43 bits per heavy atom. The van der Waals surface area contributed by atoms with E-state index < -0.39 is 46.2 Å². The second-order valence-corrected chi connectivity index (χ2v) is 7.55. The Bertz CT molecular complexity index is 1460. The highest BCUT2D eigenvalue weighted by molar-refractivity contribution is 6.07. The SMILES string of the molecule is Cc1c(F)c(F)c(F)c(C(=O)Nc2cccc(CNc3ncnc4c(C(N)=O)cccc34)c2)c1F. The number of anilines is 2. The van der Waals surface area contributed by atoms with E-state index in [0.717, 1.165) is 6.92 Å². The minimum absolute atomic E-state index is 0.166. The molecule has 0 radical (unpaired) electrons. The average molecular weight is 483 g/mol. The van der Waals surface area contributed by atoms with Crippen molar-refractivity contribution in [3.8, 4) is 0 Å². The van der Waals surface area contributed by atoms with Crippen molar-refractivity contribution in [2.24, 2.45) is 5.73 Å². The van der Waals surface area contributed by atoms with Gasteiger partial charge >= 0.3 is 0 Å². The number of benzene rings is 3. The number of nitrogens with zero attached hydrogens (tertiary/aromatic N) is 2. The molecule has 4 aromatic rings. The molecule has 1 heterocycles. The van der Waals surface area contributed by atoms with Crippen molar-refractivity contribution in [2.45, 2.75) is 13.5 Å². The first-order valence-corrected chi connectivity index (χ1v) is 10.2. The lowest BCUT2D eigenvalue weighted by Crippen LogP contribution is -2.19. The Labute approximate surface area is 196 Å². The maximum atomic E-state index is 14.3. The van der Waals surface area contributed by atoms with Gasteiger partial charge in [-0.1, -0.05) is 18.2 Å². The van der Waals surface area contributed by atoms with E-state index in [4.69, 9.17) is 5.73 Å². The molecular weight excluding hydrogens is 466 g/mol. The molecule has 7 nitrogen and oxygen atoms in total. The van der Waals surface area contributed by atoms with E-state index in [-0.39, 0.29) is 17.8 Å². The number of para-hydroxylation sites is 1. The van der Waals surface area contributed by atoms with Gasteiger partial charge < -0.3 is 16.4 Å². The van der Waals surface area contributed by atoms with Crippen LogP contribution < -0.4 is 16.4 Å². The van der Waals surface area contributed by atoms with Crippen LogP contribution >= 0.6 is 0 Å². The van der Waals surface area contributed by atoms with E-state index >= 15 is 0 Å². The van der Waals surface area contributed by atoms with Gasteiger partial charge in [0.25, 0.3) is 11.8 Å². The molecule has 0 saturated heterocycles. The van der Waals surface area contributed by atoms with Crippen LogP contribution in [0, 0.1) is 30.2 Å². The second-order valence-electron chi connectivity index (χ2n) is 7.55. The van der Waals surface area contributed by atoms with E-state index in [0.29, 0.717) is 22.3 Å². The number of nitrogens with one attached hydrogen (secondary N) is 2. The summed E-state index contributed by atoms with van der Waals surface area (Å²) >= 11 is 0. The minimum Gasteiger partial charge on any atom is -0.366 e. The van der Waals surface area contributed by atoms with Gasteiger partial charge in [0.2, 0.25) is 0 Å². The van der Waals surface area contributed by atoms with Crippen LogP contribution in [0.3, 0.4) is 0 Å². The summed E-state index contributed by atoms with van der Waals surface area (Å²) in [5, 5.41) is 5.95. The number of aromatic nitrogens is 2. The number of hydrogen-bond acceptors (Lipinski definition) is 5. The molecule has 0 aliphatic carbocycles. The van der Waals surface area contributed by atoms with Crippen molar-refractivity contribution in [3.05, 3.63) is 94.3 Å². The maximum absolute atomic E-state index is 14.3. The maximum Gasteiger partial charge on any atom is 0.261 e. The van der Waals surface area contributed by atoms with Crippen LogP contribution in [0.2, 0.25) is 0 Å². The molecule has 11 heteroatoms. The third kappa shape index (κ3) is 4.47. The summed E-state index contributed by atoms with van der Waals surface area (Å²) in [5.74, 6) is -8.49. The van der Waals surface area contributed by atoms with E-state index in [1.54, 1.807) is 30.3 Å². The Balaban J connectivity index is 1.55. The van der Waals surface area contributed by atoms with Crippen LogP contribution in [0.15, 0.2) is 48.8 Å². The summed E-state index contributed by atoms with van der Waals surface area (Å²) < 4.78 is 55.6. The lowest BCUT2D eigenvalue weighted by molar-refractivity contribution is 0.0997. The van der Waals surface area contributed by atoms with E-state index in [2.05, 4.69) is 20.6 Å². The average Bonchev–Trinajstić information content (AvgIpc) is 2.85. The predicted octanol–water partition coefficient (Wildman–Crippen LogP) is 4.46. The molecule has 4 rings (SSSR count). The van der Waals surface area contributed by atoms with Gasteiger partial charge in [0.15, 0.2) is 17.5 Å². The summed E-state index contributed by atoms with van der Waals surface area (Å²) in [6.45, 7) is 1.11. The zero-order valence-electron chi connectivity index (χ0n) is 18.1. The smallest absolute Gasteiger partial charge is 0.261 e. The number of rotatable bonds is 6. The number of nitrogens with two attached hydrogens (primary N) is 1. The standard InChI is InChI=1S/C24H17F4N5O2/c1-11-17(25)16(19(27)20(28)18(11)26)24(35)33-13-5-2-4-12(8-13)9-30-23-15-7-3-6-14(22(29)34)21(15)31-10-32-23/h2-8,10H,9H2,1H3,(H2,29,34)(H,33,35)(H,30,31,32). The largest absolute Gasteiger partial charge is 0.366 e. The number of carbonyl (C=O) groups excluding carboxylic acids is 2. The van der Waals surface area contributed by atoms with Gasteiger partial charge in [-0.05, 0) is 36.8 Å². The minimum atomic E-state index is -1.93. The Kier molecular flexibility index (Phi) is 6.32. The highest BCUT2D eigenvalue weighted by Gasteiger charge is 2.27. The fourth-order valence-electron chi connectivity index (χ4n) is 3.52. The zero-order valence-corrected chi connectivity index (χ0v) is 18.1. The van der Waals surface area contributed by atoms with Crippen LogP contribution in [-0.4, -0.2) is 21.8 Å². The molecule has 0 atom stereocenters. The number of halogens is 4. The van der Waals surface area contributed by atoms with Crippen molar-refractivity contribution >= 4 is 34.2 Å². The summed E-state index contributed by atoms with van der Waals surface area (Å²) in [5.41, 5.74) is 4.80. The van der Waals surface area contributed by atoms with E-state index in [1.807, 2.05) is 0 Å². The van der Waals surface area contributed by atoms with Crippen molar-refractivity contribution in [3.63, 3.8) is 0 Å². The summed E-state index contributed by atoms with van der Waals surface area (Å²) in [7, 11) is 0. The fraction of sp³-hybridized carbons (Fsp3) is 0.0833. The molecule has 178 valence electrons. The van der Waals surface area contributed by atoms with Crippen LogP contribution in [0.5, 0.6) is 0 Å². The Hall–Kier alpha value is -4.54. The predicted molar refractivity (Wildman–Crippen MR) is 121 cm³/mol. The van der Waals surface area contributed by atoms with Gasteiger partial charge in [-0.25, -0.2) is 27.5 Å². The number of carbonyl (C=O) groups is 2. The molecule has 0 aliphatic heterocycles. The van der Waals surface area contributed by atoms with E-state index in [9.17, 15) is 27.2 Å². The molecule has 0 aliphatic rings. The third-order valence-corrected chi connectivity index (χ3v) is 5.29. The first-order valence-electron chi connectivity index (χ1n) is 10.2. The van der Waals surface area contributed by atoms with Crippen LogP contribution in [0.25, 0.3) is 10.9 Å². The monoisotopic (exact) mass is 483 g/mol. The molecule has 0 saturated carbocycles. The highest BCUT2D eigenvalue weighted by atomic mass is 19.2. The molecule has 3 aromatic carbocycles. The van der Waals surface area contributed by atoms with Crippen molar-refractivity contribution in [1.82, 2.24) is 9.97 Å². The van der Waals surface area contributed by atoms with Crippen molar-refractivity contribution in [2.75, 3.05) is 10.6 Å². The number of fused-ring (bicyclic) bond motifs is 1. The van der Waals surface area contributed by atoms with Crippen LogP contribution in [0.4, 0.5) is 29.1 Å². The first-order chi connectivity index (χ1) is 16.7. The number of hydrogen-bond donors (Lipinski definition) is 3. The normalized spacial score (nSPS) is 10.9. The number of primary amides is 1. The number of amides is 2. The van der Waals surface area contributed by atoms with Crippen molar-refractivity contribution < 1.29 is 27.2 Å². The quantitative estimate of drug-likeness (QED) is 0.213. The van der Waals surface area contributed by atoms with E-state index in [1.165, 1.54) is 18.5 Å². The molecule has 2 amide bonds. The topological polar surface area (TPSA) is 110 Å². The van der Waals surface area contributed by atoms with Crippen LogP contribution in [0.1, 0.15) is 31.8 Å². The van der Waals surface area contributed by atoms with Gasteiger partial charge in [0.1, 0.15) is 23.5 Å². The third-order valence-electron chi connectivity index (χ3n) is 5.29. The van der Waals surface area contributed by atoms with Gasteiger partial charge in [-0.3, -0.25) is 9.59 Å². The highest BCUT2D eigenvalue weighted by Crippen LogP contribution is 2.25. The summed E-state index contributed by atoms with van der Waals surface area (Å²) in [6.07, 6.45) is 1.28. The van der Waals surface area contributed by atoms with Gasteiger partial charge in [-0.2, -0.15) is 0 Å². The molecule has 35 heavy (non-hydrogen) atoms. The molecule has 0 bridgehead atoms. The lowest BCUT2D eigenvalue weighted by Gasteiger charge is -2.12. The van der Waals surface area contributed by atoms with Crippen molar-refractivity contribution in [1.29, 1.82) is 0 Å². The van der Waals surface area contributed by atoms with Gasteiger partial charge in [-0.15, -0.1) is 0 Å². The molecule has 1 aromatic heterocycles. The first kappa shape index (κ1) is 23.6. The molecule has 0 unspecified atom stereocenters. The molecular formula is C24H17F4N5O2. The van der Waals surface area contributed by atoms with Crippen LogP contribution in [-0.2, 0) is 6.54 Å². The Morgan fingerprint density at radius 2 is 1.69 bits per heavy atom. The molecule has 4 N–H and O–H groups in total. The fourth-order valence-corrected chi connectivity index (χ4v) is 3.52. The molecule has 0 fully saturated rings. The van der Waals surface area contributed by atoms with Gasteiger partial charge in [0.05, 0.1) is 11.1 Å².